The molecular weight excluding hydrogens is 652 g/mol. The number of carbonyl (C=O) groups is 4. The molecule has 0 fully saturated rings. The largest absolute Gasteiger partial charge is 0.356 e. The van der Waals surface area contributed by atoms with E-state index in [1.165, 1.54) is 22.7 Å². The maximum absolute atomic E-state index is 14.6. The molecule has 4 amide bonds. The summed E-state index contributed by atoms with van der Waals surface area (Å²) in [6.07, 6.45) is 8.12. The van der Waals surface area contributed by atoms with Crippen molar-refractivity contribution in [2.24, 2.45) is 11.8 Å². The number of quaternary nitrogens is 1. The highest BCUT2D eigenvalue weighted by molar-refractivity contribution is 9.11. The van der Waals surface area contributed by atoms with Gasteiger partial charge in [-0.25, -0.2) is 9.59 Å². The molecule has 10 heteroatoms. The van der Waals surface area contributed by atoms with Crippen LogP contribution in [0.25, 0.3) is 9.75 Å². The second-order valence-electron chi connectivity index (χ2n) is 10.5. The zero-order chi connectivity index (χ0) is 27.8. The van der Waals surface area contributed by atoms with E-state index in [1.54, 1.807) is 0 Å². The molecule has 0 spiro atoms. The predicted octanol–water partition coefficient (Wildman–Crippen LogP) is 8.43. The first-order chi connectivity index (χ1) is 18.1. The van der Waals surface area contributed by atoms with Gasteiger partial charge in [-0.1, -0.05) is 53.4 Å². The molecule has 2 aliphatic heterocycles. The van der Waals surface area contributed by atoms with Crippen molar-refractivity contribution < 1.29 is 23.7 Å². The van der Waals surface area contributed by atoms with E-state index in [2.05, 4.69) is 64.9 Å². The van der Waals surface area contributed by atoms with Gasteiger partial charge in [-0.3, -0.25) is 14.9 Å². The summed E-state index contributed by atoms with van der Waals surface area (Å²) in [6.45, 7) is 9.64. The van der Waals surface area contributed by atoms with Gasteiger partial charge in [0, 0.05) is 11.8 Å². The monoisotopic (exact) mass is 685 g/mol. The molecule has 0 aromatic carbocycles. The van der Waals surface area contributed by atoms with Gasteiger partial charge in [-0.15, -0.1) is 22.7 Å². The van der Waals surface area contributed by atoms with E-state index in [1.807, 2.05) is 0 Å². The van der Waals surface area contributed by atoms with Crippen molar-refractivity contribution in [2.45, 2.75) is 79.1 Å². The van der Waals surface area contributed by atoms with Gasteiger partial charge in [0.05, 0.1) is 41.5 Å². The quantitative estimate of drug-likeness (QED) is 0.169. The number of nitrogens with zero attached hydrogens (tertiary/aromatic N) is 1. The standard InChI is InChI=1S/C28H34Br2N2O4S2/c1-5-9-11-15(7-3)13-32(14-16(8-4)12-10-6-2)27(35)18-20(28(32)36)24(30)38-22(18)21-17-19(23(29)37-21)26(34)31-25(17)33/h15-16H,5-14H2,1-4H3/p+1. The molecule has 0 radical (unpaired) electrons. The number of amides is 4. The average molecular weight is 688 g/mol. The number of halogens is 2. The predicted molar refractivity (Wildman–Crippen MR) is 160 cm³/mol. The summed E-state index contributed by atoms with van der Waals surface area (Å²) < 4.78 is 0.999. The van der Waals surface area contributed by atoms with Crippen LogP contribution in [0.4, 0.5) is 0 Å². The number of hydrogen-bond acceptors (Lipinski definition) is 6. The normalized spacial score (nSPS) is 20.2. The Balaban J connectivity index is 1.85. The molecule has 2 aromatic heterocycles. The summed E-state index contributed by atoms with van der Waals surface area (Å²) in [5, 5.41) is 2.37. The van der Waals surface area contributed by atoms with Gasteiger partial charge in [-0.05, 0) is 57.5 Å². The van der Waals surface area contributed by atoms with Gasteiger partial charge in [-0.2, -0.15) is 4.48 Å². The van der Waals surface area contributed by atoms with Crippen LogP contribution in [0.15, 0.2) is 7.57 Å². The van der Waals surface area contributed by atoms with E-state index >= 15 is 0 Å². The van der Waals surface area contributed by atoms with Crippen LogP contribution in [0.1, 0.15) is 120 Å². The number of nitrogens with one attached hydrogen (secondary N) is 1. The summed E-state index contributed by atoms with van der Waals surface area (Å²) >= 11 is 9.63. The minimum absolute atomic E-state index is 0.128. The molecule has 4 rings (SSSR count). The van der Waals surface area contributed by atoms with Crippen LogP contribution in [-0.4, -0.2) is 41.2 Å². The second-order valence-corrected chi connectivity index (χ2v) is 15.1. The fourth-order valence-electron chi connectivity index (χ4n) is 5.81. The van der Waals surface area contributed by atoms with Crippen LogP contribution in [0.2, 0.25) is 0 Å². The van der Waals surface area contributed by atoms with E-state index in [0.29, 0.717) is 47.1 Å². The fraction of sp³-hybridized carbons (Fsp3) is 0.571. The van der Waals surface area contributed by atoms with Gasteiger partial charge < -0.3 is 0 Å². The molecular formula is C28H35Br2N2O4S2+. The first-order valence-corrected chi connectivity index (χ1v) is 16.8. The molecule has 0 aliphatic carbocycles. The Labute approximate surface area is 249 Å². The highest BCUT2D eigenvalue weighted by Crippen LogP contribution is 2.52. The molecule has 2 atom stereocenters. The molecule has 6 nitrogen and oxygen atoms in total. The van der Waals surface area contributed by atoms with Crippen molar-refractivity contribution in [2.75, 3.05) is 13.1 Å². The summed E-state index contributed by atoms with van der Waals surface area (Å²) in [4.78, 5) is 55.3. The van der Waals surface area contributed by atoms with Crippen LogP contribution in [-0.2, 0) is 0 Å². The summed E-state index contributed by atoms with van der Waals surface area (Å²) in [5.74, 6) is -0.654. The first-order valence-electron chi connectivity index (χ1n) is 13.6. The van der Waals surface area contributed by atoms with E-state index < -0.39 is 11.8 Å². The molecule has 0 saturated heterocycles. The summed E-state index contributed by atoms with van der Waals surface area (Å²) in [6, 6.07) is 0. The van der Waals surface area contributed by atoms with Gasteiger partial charge >= 0.3 is 11.8 Å². The third kappa shape index (κ3) is 5.04. The number of carbonyl (C=O) groups excluding carboxylic acids is 4. The Hall–Kier alpha value is -1.20. The molecule has 2 unspecified atom stereocenters. The number of fused-ring (bicyclic) bond motifs is 2. The molecule has 0 saturated carbocycles. The second kappa shape index (κ2) is 12.1. The number of thiophene rings is 2. The first kappa shape index (κ1) is 29.8. The summed E-state index contributed by atoms with van der Waals surface area (Å²) in [7, 11) is 0. The summed E-state index contributed by atoms with van der Waals surface area (Å²) in [5.41, 5.74) is 1.44. The third-order valence-corrected chi connectivity index (χ3v) is 11.9. The lowest BCUT2D eigenvalue weighted by Gasteiger charge is -2.35. The fourth-order valence-corrected chi connectivity index (χ4v) is 9.70. The molecule has 1 N–H and O–H groups in total. The van der Waals surface area contributed by atoms with Crippen LogP contribution >= 0.6 is 54.5 Å². The number of unbranched alkanes of at least 4 members (excludes halogenated alkanes) is 2. The third-order valence-electron chi connectivity index (χ3n) is 8.05. The van der Waals surface area contributed by atoms with Gasteiger partial charge in [0.2, 0.25) is 0 Å². The highest BCUT2D eigenvalue weighted by Gasteiger charge is 2.58. The van der Waals surface area contributed by atoms with E-state index in [9.17, 15) is 19.2 Å². The molecule has 2 aromatic rings. The van der Waals surface area contributed by atoms with E-state index in [4.69, 9.17) is 0 Å². The van der Waals surface area contributed by atoms with Gasteiger partial charge in [0.25, 0.3) is 11.8 Å². The number of imide groups is 2. The smallest absolute Gasteiger partial charge is 0.288 e. The van der Waals surface area contributed by atoms with Crippen LogP contribution in [0.5, 0.6) is 0 Å². The average Bonchev–Trinajstić information content (AvgIpc) is 3.57. The van der Waals surface area contributed by atoms with Crippen LogP contribution in [0, 0.1) is 11.8 Å². The van der Waals surface area contributed by atoms with Crippen molar-refractivity contribution in [3.8, 4) is 9.75 Å². The maximum Gasteiger partial charge on any atom is 0.356 e. The Kier molecular flexibility index (Phi) is 9.50. The van der Waals surface area contributed by atoms with Crippen molar-refractivity contribution in [1.29, 1.82) is 0 Å². The van der Waals surface area contributed by atoms with Crippen molar-refractivity contribution in [1.82, 2.24) is 5.32 Å². The van der Waals surface area contributed by atoms with Crippen LogP contribution < -0.4 is 5.32 Å². The van der Waals surface area contributed by atoms with Crippen molar-refractivity contribution >= 4 is 78.2 Å². The van der Waals surface area contributed by atoms with Crippen molar-refractivity contribution in [3.05, 3.63) is 29.8 Å². The van der Waals surface area contributed by atoms with E-state index in [-0.39, 0.29) is 33.7 Å². The Morgan fingerprint density at radius 3 is 1.63 bits per heavy atom. The Morgan fingerprint density at radius 2 is 1.13 bits per heavy atom. The lowest BCUT2D eigenvalue weighted by atomic mass is 9.93. The Bertz CT molecular complexity index is 1260. The highest BCUT2D eigenvalue weighted by atomic mass is 79.9. The molecule has 206 valence electrons. The Morgan fingerprint density at radius 1 is 0.684 bits per heavy atom. The number of hydrogen-bond donors (Lipinski definition) is 1. The number of rotatable bonds is 13. The molecule has 38 heavy (non-hydrogen) atoms. The maximum atomic E-state index is 14.6. The molecule has 0 bridgehead atoms. The minimum atomic E-state index is -0.464. The minimum Gasteiger partial charge on any atom is -0.288 e. The lowest BCUT2D eigenvalue weighted by molar-refractivity contribution is -0.772. The lowest BCUT2D eigenvalue weighted by Crippen LogP contribution is -2.57. The molecule has 4 heterocycles. The van der Waals surface area contributed by atoms with Crippen molar-refractivity contribution in [3.63, 3.8) is 0 Å². The van der Waals surface area contributed by atoms with Crippen LogP contribution in [0.3, 0.4) is 0 Å². The SMILES string of the molecule is CCCCC(CC)C[N+]1(CC(CC)CCCC)C(=O)c2c(Br)sc(-c3sc(Br)c4c3C(=O)NC4=O)c2C1=O. The van der Waals surface area contributed by atoms with Gasteiger partial charge in [0.15, 0.2) is 0 Å². The van der Waals surface area contributed by atoms with E-state index in [0.717, 1.165) is 51.4 Å². The van der Waals surface area contributed by atoms with Gasteiger partial charge in [0.1, 0.15) is 11.1 Å². The zero-order valence-corrected chi connectivity index (χ0v) is 27.2. The topological polar surface area (TPSA) is 80.3 Å². The zero-order valence-electron chi connectivity index (χ0n) is 22.4. The molecule has 2 aliphatic rings.